The molecule has 6 rings (SSSR count). The van der Waals surface area contributed by atoms with Gasteiger partial charge in [0, 0.05) is 29.9 Å². The van der Waals surface area contributed by atoms with E-state index < -0.39 is 0 Å². The maximum absolute atomic E-state index is 12.9. The van der Waals surface area contributed by atoms with Crippen molar-refractivity contribution in [3.05, 3.63) is 96.2 Å². The summed E-state index contributed by atoms with van der Waals surface area (Å²) in [5.74, 6) is 0.346. The summed E-state index contributed by atoms with van der Waals surface area (Å²) in [6.45, 7) is 3.37. The highest BCUT2D eigenvalue weighted by Gasteiger charge is 2.17. The number of hydrogen-bond acceptors (Lipinski definition) is 6. The molecular formula is C30H22N4O4. The Balaban J connectivity index is 1.20. The smallest absolute Gasteiger partial charge is 0.308 e. The van der Waals surface area contributed by atoms with E-state index in [1.54, 1.807) is 30.5 Å². The van der Waals surface area contributed by atoms with Crippen LogP contribution in [0.25, 0.3) is 44.6 Å². The van der Waals surface area contributed by atoms with E-state index in [0.717, 1.165) is 33.0 Å². The number of anilines is 1. The SMILES string of the molecule is CC(=O)Oc1ccc2cc(C(=O)Nc3ccc(-c4n[nH]cc4-c4nc5cc(C)ccc5o4)cc3)ccc2c1. The lowest BCUT2D eigenvalue weighted by atomic mass is 10.1. The van der Waals surface area contributed by atoms with Gasteiger partial charge in [0.1, 0.15) is 17.0 Å². The van der Waals surface area contributed by atoms with Crippen LogP contribution in [0.2, 0.25) is 0 Å². The topological polar surface area (TPSA) is 110 Å². The quantitative estimate of drug-likeness (QED) is 0.205. The van der Waals surface area contributed by atoms with Gasteiger partial charge in [0.05, 0.1) is 5.56 Å². The van der Waals surface area contributed by atoms with Crippen LogP contribution >= 0.6 is 0 Å². The number of aromatic nitrogens is 3. The molecule has 0 atom stereocenters. The molecule has 0 bridgehead atoms. The largest absolute Gasteiger partial charge is 0.436 e. The fraction of sp³-hybridized carbons (Fsp3) is 0.0667. The third kappa shape index (κ3) is 4.51. The number of H-pyrrole nitrogens is 1. The Morgan fingerprint density at radius 2 is 1.71 bits per heavy atom. The van der Waals surface area contributed by atoms with Crippen LogP contribution in [0, 0.1) is 6.92 Å². The molecule has 2 aromatic heterocycles. The van der Waals surface area contributed by atoms with Crippen LogP contribution in [0.5, 0.6) is 5.75 Å². The fourth-order valence-corrected chi connectivity index (χ4v) is 4.33. The molecule has 0 fully saturated rings. The van der Waals surface area contributed by atoms with E-state index >= 15 is 0 Å². The summed E-state index contributed by atoms with van der Waals surface area (Å²) in [7, 11) is 0. The number of nitrogens with zero attached hydrogens (tertiary/aromatic N) is 2. The number of carbonyl (C=O) groups is 2. The first-order valence-corrected chi connectivity index (χ1v) is 12.0. The molecule has 8 heteroatoms. The van der Waals surface area contributed by atoms with Crippen LogP contribution < -0.4 is 10.1 Å². The Morgan fingerprint density at radius 1 is 0.921 bits per heavy atom. The second-order valence-corrected chi connectivity index (χ2v) is 8.99. The van der Waals surface area contributed by atoms with E-state index in [0.29, 0.717) is 34.2 Å². The number of carbonyl (C=O) groups excluding carboxylic acids is 2. The van der Waals surface area contributed by atoms with E-state index in [-0.39, 0.29) is 11.9 Å². The number of rotatable bonds is 5. The van der Waals surface area contributed by atoms with Gasteiger partial charge in [-0.3, -0.25) is 14.7 Å². The zero-order valence-electron chi connectivity index (χ0n) is 20.6. The van der Waals surface area contributed by atoms with Crippen molar-refractivity contribution >= 4 is 39.4 Å². The molecule has 0 aliphatic carbocycles. The highest BCUT2D eigenvalue weighted by Crippen LogP contribution is 2.32. The zero-order chi connectivity index (χ0) is 26.2. The minimum atomic E-state index is -0.379. The summed E-state index contributed by atoms with van der Waals surface area (Å²) in [4.78, 5) is 28.7. The van der Waals surface area contributed by atoms with Crippen molar-refractivity contribution in [3.8, 4) is 28.5 Å². The number of fused-ring (bicyclic) bond motifs is 2. The third-order valence-electron chi connectivity index (χ3n) is 6.17. The molecule has 0 saturated carbocycles. The summed E-state index contributed by atoms with van der Waals surface area (Å²) in [5, 5.41) is 12.0. The summed E-state index contributed by atoms with van der Waals surface area (Å²) >= 11 is 0. The van der Waals surface area contributed by atoms with Crippen molar-refractivity contribution < 1.29 is 18.7 Å². The summed E-state index contributed by atoms with van der Waals surface area (Å²) in [6.07, 6.45) is 1.76. The second kappa shape index (κ2) is 9.33. The fourth-order valence-electron chi connectivity index (χ4n) is 4.33. The number of nitrogens with one attached hydrogen (secondary N) is 2. The Labute approximate surface area is 217 Å². The van der Waals surface area contributed by atoms with E-state index in [4.69, 9.17) is 9.15 Å². The van der Waals surface area contributed by atoms with Crippen LogP contribution in [0.3, 0.4) is 0 Å². The second-order valence-electron chi connectivity index (χ2n) is 8.99. The highest BCUT2D eigenvalue weighted by atomic mass is 16.5. The number of aryl methyl sites for hydroxylation is 1. The average molecular weight is 503 g/mol. The van der Waals surface area contributed by atoms with E-state index in [2.05, 4.69) is 20.5 Å². The number of hydrogen-bond donors (Lipinski definition) is 2. The Morgan fingerprint density at radius 3 is 2.53 bits per heavy atom. The summed E-state index contributed by atoms with van der Waals surface area (Å²) in [5.41, 5.74) is 6.10. The molecule has 0 spiro atoms. The lowest BCUT2D eigenvalue weighted by Crippen LogP contribution is -2.11. The molecule has 0 unspecified atom stereocenters. The van der Waals surface area contributed by atoms with Gasteiger partial charge in [0.2, 0.25) is 5.89 Å². The predicted molar refractivity (Wildman–Crippen MR) is 145 cm³/mol. The molecule has 0 saturated heterocycles. The molecule has 8 nitrogen and oxygen atoms in total. The lowest BCUT2D eigenvalue weighted by Gasteiger charge is -2.08. The molecule has 1 amide bonds. The number of esters is 1. The third-order valence-corrected chi connectivity index (χ3v) is 6.17. The van der Waals surface area contributed by atoms with Gasteiger partial charge in [-0.05, 0) is 71.8 Å². The number of benzene rings is 4. The van der Waals surface area contributed by atoms with Crippen molar-refractivity contribution in [2.45, 2.75) is 13.8 Å². The summed E-state index contributed by atoms with van der Waals surface area (Å²) in [6, 6.07) is 24.0. The molecule has 2 N–H and O–H groups in total. The monoisotopic (exact) mass is 502 g/mol. The normalized spacial score (nSPS) is 11.1. The number of amides is 1. The zero-order valence-corrected chi connectivity index (χ0v) is 20.6. The van der Waals surface area contributed by atoms with Gasteiger partial charge in [-0.2, -0.15) is 5.10 Å². The van der Waals surface area contributed by atoms with E-state index in [1.165, 1.54) is 6.92 Å². The Hall–Kier alpha value is -5.24. The standard InChI is InChI=1S/C30H22N4O4/c1-17-3-12-27-26(13-17)33-30(38-27)25-16-31-34-28(25)19-6-9-23(10-7-19)32-29(36)22-5-4-21-15-24(37-18(2)35)11-8-20(21)14-22/h3-16H,1-2H3,(H,31,34)(H,32,36). The van der Waals surface area contributed by atoms with E-state index in [1.807, 2.05) is 61.5 Å². The Kier molecular flexibility index (Phi) is 5.69. The lowest BCUT2D eigenvalue weighted by molar-refractivity contribution is -0.131. The van der Waals surface area contributed by atoms with Crippen LogP contribution in [0.4, 0.5) is 5.69 Å². The van der Waals surface area contributed by atoms with Gasteiger partial charge >= 0.3 is 5.97 Å². The van der Waals surface area contributed by atoms with Crippen molar-refractivity contribution in [3.63, 3.8) is 0 Å². The summed E-state index contributed by atoms with van der Waals surface area (Å²) < 4.78 is 11.1. The number of aromatic amines is 1. The molecule has 4 aromatic carbocycles. The van der Waals surface area contributed by atoms with Crippen LogP contribution in [0.15, 0.2) is 89.5 Å². The van der Waals surface area contributed by atoms with Gasteiger partial charge in [0.25, 0.3) is 5.91 Å². The van der Waals surface area contributed by atoms with Crippen molar-refractivity contribution in [1.82, 2.24) is 15.2 Å². The minimum Gasteiger partial charge on any atom is -0.436 e. The van der Waals surface area contributed by atoms with Gasteiger partial charge in [0.15, 0.2) is 5.58 Å². The molecule has 6 aromatic rings. The molecule has 2 heterocycles. The van der Waals surface area contributed by atoms with Crippen LogP contribution in [-0.4, -0.2) is 27.1 Å². The van der Waals surface area contributed by atoms with Crippen molar-refractivity contribution in [2.24, 2.45) is 0 Å². The molecule has 0 radical (unpaired) electrons. The molecular weight excluding hydrogens is 480 g/mol. The molecule has 186 valence electrons. The first-order chi connectivity index (χ1) is 18.4. The van der Waals surface area contributed by atoms with Gasteiger partial charge < -0.3 is 14.5 Å². The molecule has 0 aliphatic rings. The first kappa shape index (κ1) is 23.2. The predicted octanol–water partition coefficient (Wildman–Crippen LogP) is 6.52. The number of ether oxygens (including phenoxy) is 1. The highest BCUT2D eigenvalue weighted by molar-refractivity contribution is 6.06. The molecule has 0 aliphatic heterocycles. The van der Waals surface area contributed by atoms with Gasteiger partial charge in [-0.15, -0.1) is 0 Å². The van der Waals surface area contributed by atoms with Crippen molar-refractivity contribution in [1.29, 1.82) is 0 Å². The number of oxazole rings is 1. The maximum Gasteiger partial charge on any atom is 0.308 e. The van der Waals surface area contributed by atoms with Gasteiger partial charge in [-0.1, -0.05) is 30.3 Å². The maximum atomic E-state index is 12.9. The van der Waals surface area contributed by atoms with Crippen molar-refractivity contribution in [2.75, 3.05) is 5.32 Å². The molecule has 38 heavy (non-hydrogen) atoms. The van der Waals surface area contributed by atoms with Crippen LogP contribution in [0.1, 0.15) is 22.8 Å². The van der Waals surface area contributed by atoms with E-state index in [9.17, 15) is 9.59 Å². The minimum absolute atomic E-state index is 0.231. The average Bonchev–Trinajstić information content (AvgIpc) is 3.55. The Bertz CT molecular complexity index is 1830. The van der Waals surface area contributed by atoms with Gasteiger partial charge in [-0.25, -0.2) is 4.98 Å². The van der Waals surface area contributed by atoms with Crippen LogP contribution in [-0.2, 0) is 4.79 Å². The first-order valence-electron chi connectivity index (χ1n) is 12.0.